The van der Waals surface area contributed by atoms with E-state index in [0.29, 0.717) is 30.9 Å². The summed E-state index contributed by atoms with van der Waals surface area (Å²) in [5.41, 5.74) is 6.93. The van der Waals surface area contributed by atoms with Crippen molar-refractivity contribution in [1.82, 2.24) is 4.98 Å². The third-order valence-electron chi connectivity index (χ3n) is 1.99. The fraction of sp³-hybridized carbons (Fsp3) is 0.500. The second kappa shape index (κ2) is 5.57. The van der Waals surface area contributed by atoms with Crippen LogP contribution in [0.25, 0.3) is 0 Å². The van der Waals surface area contributed by atoms with Gasteiger partial charge in [0.2, 0.25) is 0 Å². The summed E-state index contributed by atoms with van der Waals surface area (Å²) in [4.78, 5) is 3.91. The Morgan fingerprint density at radius 3 is 3.07 bits per heavy atom. The average molecular weight is 196 g/mol. The van der Waals surface area contributed by atoms with Crippen molar-refractivity contribution in [1.29, 1.82) is 0 Å². The standard InChI is InChI=1S/C10H16N2O2/c1-2-14-6-4-10(13)8-7-12-5-3-9(8)11/h3,5,7,10,13H,2,4,6H2,1H3,(H2,11,12). The number of aliphatic hydroxyl groups excluding tert-OH is 1. The Kier molecular flexibility index (Phi) is 4.35. The van der Waals surface area contributed by atoms with Crippen molar-refractivity contribution in [3.05, 3.63) is 24.0 Å². The number of nitrogens with two attached hydrogens (primary N) is 1. The SMILES string of the molecule is CCOCCC(O)c1cnccc1N. The number of nitrogen functional groups attached to an aromatic ring is 1. The van der Waals surface area contributed by atoms with Crippen LogP contribution in [0.1, 0.15) is 25.0 Å². The minimum absolute atomic E-state index is 0.534. The second-order valence-corrected chi connectivity index (χ2v) is 3.01. The van der Waals surface area contributed by atoms with Gasteiger partial charge in [0.1, 0.15) is 0 Å². The van der Waals surface area contributed by atoms with Crippen molar-refractivity contribution >= 4 is 5.69 Å². The minimum Gasteiger partial charge on any atom is -0.398 e. The molecule has 14 heavy (non-hydrogen) atoms. The second-order valence-electron chi connectivity index (χ2n) is 3.01. The molecule has 0 radical (unpaired) electrons. The molecule has 1 aromatic rings. The van der Waals surface area contributed by atoms with Gasteiger partial charge in [-0.05, 0) is 13.0 Å². The Bertz CT molecular complexity index is 279. The van der Waals surface area contributed by atoms with E-state index in [9.17, 15) is 5.11 Å². The summed E-state index contributed by atoms with van der Waals surface area (Å²) in [5, 5.41) is 9.73. The van der Waals surface area contributed by atoms with Crippen LogP contribution in [-0.4, -0.2) is 23.3 Å². The normalized spacial score (nSPS) is 12.7. The van der Waals surface area contributed by atoms with Gasteiger partial charge < -0.3 is 15.6 Å². The van der Waals surface area contributed by atoms with Gasteiger partial charge in [-0.15, -0.1) is 0 Å². The predicted molar refractivity (Wildman–Crippen MR) is 54.7 cm³/mol. The molecule has 0 bridgehead atoms. The topological polar surface area (TPSA) is 68.4 Å². The molecule has 1 aromatic heterocycles. The molecule has 0 spiro atoms. The first-order valence-electron chi connectivity index (χ1n) is 4.71. The number of rotatable bonds is 5. The number of aliphatic hydroxyl groups is 1. The van der Waals surface area contributed by atoms with E-state index in [0.717, 1.165) is 0 Å². The molecule has 0 fully saturated rings. The predicted octanol–water partition coefficient (Wildman–Crippen LogP) is 1.12. The lowest BCUT2D eigenvalue weighted by molar-refractivity contribution is 0.0888. The largest absolute Gasteiger partial charge is 0.398 e. The Morgan fingerprint density at radius 1 is 1.64 bits per heavy atom. The number of hydrogen-bond donors (Lipinski definition) is 2. The highest BCUT2D eigenvalue weighted by Crippen LogP contribution is 2.21. The molecule has 0 aliphatic heterocycles. The number of anilines is 1. The zero-order valence-electron chi connectivity index (χ0n) is 8.31. The summed E-state index contributed by atoms with van der Waals surface area (Å²) < 4.78 is 5.14. The fourth-order valence-corrected chi connectivity index (χ4v) is 1.19. The van der Waals surface area contributed by atoms with Crippen LogP contribution in [0.4, 0.5) is 5.69 Å². The van der Waals surface area contributed by atoms with Crippen molar-refractivity contribution in [2.24, 2.45) is 0 Å². The van der Waals surface area contributed by atoms with E-state index in [-0.39, 0.29) is 0 Å². The van der Waals surface area contributed by atoms with Gasteiger partial charge in [0, 0.05) is 43.3 Å². The molecule has 0 aromatic carbocycles. The van der Waals surface area contributed by atoms with Crippen LogP contribution in [0.2, 0.25) is 0 Å². The van der Waals surface area contributed by atoms with E-state index in [1.807, 2.05) is 6.92 Å². The van der Waals surface area contributed by atoms with Crippen molar-refractivity contribution in [2.45, 2.75) is 19.4 Å². The van der Waals surface area contributed by atoms with Gasteiger partial charge in [0.25, 0.3) is 0 Å². The van der Waals surface area contributed by atoms with Gasteiger partial charge in [-0.3, -0.25) is 4.98 Å². The summed E-state index contributed by atoms with van der Waals surface area (Å²) in [6.07, 6.45) is 3.15. The Balaban J connectivity index is 2.51. The molecule has 0 aliphatic carbocycles. The molecule has 1 atom stereocenters. The average Bonchev–Trinajstić information content (AvgIpc) is 2.18. The van der Waals surface area contributed by atoms with Gasteiger partial charge >= 0.3 is 0 Å². The van der Waals surface area contributed by atoms with Crippen LogP contribution in [0.3, 0.4) is 0 Å². The van der Waals surface area contributed by atoms with Crippen LogP contribution in [0.15, 0.2) is 18.5 Å². The first-order valence-corrected chi connectivity index (χ1v) is 4.71. The van der Waals surface area contributed by atoms with Crippen molar-refractivity contribution in [3.63, 3.8) is 0 Å². The highest BCUT2D eigenvalue weighted by molar-refractivity contribution is 5.45. The van der Waals surface area contributed by atoms with E-state index < -0.39 is 6.10 Å². The molecule has 4 heteroatoms. The van der Waals surface area contributed by atoms with Gasteiger partial charge in [-0.25, -0.2) is 0 Å². The Hall–Kier alpha value is -1.13. The van der Waals surface area contributed by atoms with Crippen molar-refractivity contribution in [3.8, 4) is 0 Å². The lowest BCUT2D eigenvalue weighted by atomic mass is 10.1. The number of nitrogens with zero attached hydrogens (tertiary/aromatic N) is 1. The molecule has 0 amide bonds. The Labute approximate surface area is 83.7 Å². The fourth-order valence-electron chi connectivity index (χ4n) is 1.19. The lowest BCUT2D eigenvalue weighted by Gasteiger charge is -2.12. The highest BCUT2D eigenvalue weighted by Gasteiger charge is 2.10. The smallest absolute Gasteiger partial charge is 0.0847 e. The van der Waals surface area contributed by atoms with E-state index >= 15 is 0 Å². The first kappa shape index (κ1) is 10.9. The minimum atomic E-state index is -0.588. The molecule has 1 unspecified atom stereocenters. The summed E-state index contributed by atoms with van der Waals surface area (Å²) >= 11 is 0. The quantitative estimate of drug-likeness (QED) is 0.692. The van der Waals surface area contributed by atoms with Gasteiger partial charge in [-0.2, -0.15) is 0 Å². The van der Waals surface area contributed by atoms with Gasteiger partial charge in [0.05, 0.1) is 6.10 Å². The van der Waals surface area contributed by atoms with E-state index in [2.05, 4.69) is 4.98 Å². The third kappa shape index (κ3) is 2.97. The number of pyridine rings is 1. The molecule has 1 heterocycles. The molecule has 1 rings (SSSR count). The maximum atomic E-state index is 9.73. The van der Waals surface area contributed by atoms with E-state index in [1.165, 1.54) is 0 Å². The summed E-state index contributed by atoms with van der Waals surface area (Å²) in [6.45, 7) is 3.12. The zero-order valence-corrected chi connectivity index (χ0v) is 8.31. The highest BCUT2D eigenvalue weighted by atomic mass is 16.5. The number of hydrogen-bond acceptors (Lipinski definition) is 4. The van der Waals surface area contributed by atoms with Crippen LogP contribution < -0.4 is 5.73 Å². The summed E-state index contributed by atoms with van der Waals surface area (Å²) in [5.74, 6) is 0. The van der Waals surface area contributed by atoms with E-state index in [1.54, 1.807) is 18.5 Å². The molecule has 0 saturated heterocycles. The molecule has 3 N–H and O–H groups in total. The van der Waals surface area contributed by atoms with Crippen molar-refractivity contribution < 1.29 is 9.84 Å². The number of aromatic nitrogens is 1. The van der Waals surface area contributed by atoms with Crippen molar-refractivity contribution in [2.75, 3.05) is 18.9 Å². The monoisotopic (exact) mass is 196 g/mol. The summed E-state index contributed by atoms with van der Waals surface area (Å²) in [6, 6.07) is 1.68. The molecule has 0 saturated carbocycles. The maximum absolute atomic E-state index is 9.73. The molecule has 0 aliphatic rings. The Morgan fingerprint density at radius 2 is 2.43 bits per heavy atom. The molecule has 4 nitrogen and oxygen atoms in total. The van der Waals surface area contributed by atoms with Gasteiger partial charge in [0.15, 0.2) is 0 Å². The third-order valence-corrected chi connectivity index (χ3v) is 1.99. The summed E-state index contributed by atoms with van der Waals surface area (Å²) in [7, 11) is 0. The zero-order chi connectivity index (χ0) is 10.4. The molecular weight excluding hydrogens is 180 g/mol. The van der Waals surface area contributed by atoms with Crippen LogP contribution in [0, 0.1) is 0 Å². The molecule has 78 valence electrons. The lowest BCUT2D eigenvalue weighted by Crippen LogP contribution is -2.06. The van der Waals surface area contributed by atoms with Crippen LogP contribution >= 0.6 is 0 Å². The van der Waals surface area contributed by atoms with E-state index in [4.69, 9.17) is 10.5 Å². The number of ether oxygens (including phenoxy) is 1. The molecular formula is C10H16N2O2. The maximum Gasteiger partial charge on any atom is 0.0847 e. The van der Waals surface area contributed by atoms with Crippen LogP contribution in [0.5, 0.6) is 0 Å². The van der Waals surface area contributed by atoms with Gasteiger partial charge in [-0.1, -0.05) is 0 Å². The first-order chi connectivity index (χ1) is 6.75. The van der Waals surface area contributed by atoms with Crippen LogP contribution in [-0.2, 0) is 4.74 Å².